The Labute approximate surface area is 150 Å². The second-order valence-electron chi connectivity index (χ2n) is 5.54. The molecule has 0 radical (unpaired) electrons. The number of carbonyl (C=O) groups excluding carboxylic acids is 2. The Morgan fingerprint density at radius 3 is 2.23 bits per heavy atom. The fourth-order valence-corrected chi connectivity index (χ4v) is 2.52. The highest BCUT2D eigenvalue weighted by atomic mass is 19.1. The molecule has 0 spiro atoms. The lowest BCUT2D eigenvalue weighted by Gasteiger charge is -2.26. The second kappa shape index (κ2) is 8.71. The first-order chi connectivity index (χ1) is 12.5. The van der Waals surface area contributed by atoms with Crippen molar-refractivity contribution >= 4 is 11.7 Å². The summed E-state index contributed by atoms with van der Waals surface area (Å²) in [6.45, 7) is 7.60. The van der Waals surface area contributed by atoms with Crippen molar-refractivity contribution in [2.24, 2.45) is 0 Å². The number of rotatable bonds is 8. The molecular formula is C20H19FN2O3. The van der Waals surface area contributed by atoms with Crippen LogP contribution >= 0.6 is 0 Å². The first-order valence-electron chi connectivity index (χ1n) is 7.97. The van der Waals surface area contributed by atoms with Crippen molar-refractivity contribution in [3.05, 3.63) is 95.7 Å². The van der Waals surface area contributed by atoms with Gasteiger partial charge in [-0.15, -0.1) is 13.2 Å². The quantitative estimate of drug-likeness (QED) is 0.416. The molecule has 0 saturated carbocycles. The molecule has 26 heavy (non-hydrogen) atoms. The summed E-state index contributed by atoms with van der Waals surface area (Å²) in [5.74, 6) is -1.66. The third-order valence-corrected chi connectivity index (χ3v) is 3.75. The lowest BCUT2D eigenvalue weighted by atomic mass is 10.0. The van der Waals surface area contributed by atoms with Gasteiger partial charge in [-0.2, -0.15) is 0 Å². The predicted octanol–water partition coefficient (Wildman–Crippen LogP) is 2.61. The van der Waals surface area contributed by atoms with Gasteiger partial charge in [0, 0.05) is 30.9 Å². The summed E-state index contributed by atoms with van der Waals surface area (Å²) in [4.78, 5) is 39.6. The number of halogens is 1. The first kappa shape index (κ1) is 19.1. The fraction of sp³-hybridized carbons (Fsp3) is 0.150. The number of hydrogen-bond acceptors (Lipinski definition) is 3. The zero-order valence-electron chi connectivity index (χ0n) is 14.2. The smallest absolute Gasteiger partial charge is 0.254 e. The van der Waals surface area contributed by atoms with E-state index < -0.39 is 29.1 Å². The van der Waals surface area contributed by atoms with Crippen molar-refractivity contribution in [3.63, 3.8) is 0 Å². The van der Waals surface area contributed by atoms with Crippen LogP contribution in [-0.4, -0.2) is 34.2 Å². The van der Waals surface area contributed by atoms with Gasteiger partial charge in [-0.3, -0.25) is 19.0 Å². The van der Waals surface area contributed by atoms with Gasteiger partial charge < -0.3 is 4.90 Å². The summed E-state index contributed by atoms with van der Waals surface area (Å²) in [5, 5.41) is 0. The molecule has 0 unspecified atom stereocenters. The molecule has 1 heterocycles. The zero-order chi connectivity index (χ0) is 19.1. The molecule has 0 fully saturated rings. The minimum absolute atomic E-state index is 0.137. The Balaban J connectivity index is 2.53. The average molecular weight is 354 g/mol. The van der Waals surface area contributed by atoms with Gasteiger partial charge in [0.1, 0.15) is 5.82 Å². The summed E-state index contributed by atoms with van der Waals surface area (Å²) in [6, 6.07) is 7.80. The minimum Gasteiger partial charge on any atom is -0.333 e. The van der Waals surface area contributed by atoms with Crippen LogP contribution < -0.4 is 5.56 Å². The standard InChI is InChI=1S/C20H19FN2O3/c1-3-12-22(13-4-2)20(26)18(23-14-6-5-7-17(23)24)19(25)15-8-10-16(21)11-9-15/h3-11,14,18H,1-2,12-13H2/t18-/m0/s1. The molecule has 0 saturated heterocycles. The van der Waals surface area contributed by atoms with Crippen molar-refractivity contribution in [1.29, 1.82) is 0 Å². The van der Waals surface area contributed by atoms with E-state index in [1.807, 2.05) is 0 Å². The van der Waals surface area contributed by atoms with E-state index in [-0.39, 0.29) is 18.7 Å². The van der Waals surface area contributed by atoms with E-state index in [2.05, 4.69) is 13.2 Å². The molecule has 6 heteroatoms. The monoisotopic (exact) mass is 354 g/mol. The van der Waals surface area contributed by atoms with Crippen LogP contribution in [0.1, 0.15) is 16.4 Å². The molecule has 1 amide bonds. The van der Waals surface area contributed by atoms with Gasteiger partial charge in [0.15, 0.2) is 11.8 Å². The zero-order valence-corrected chi connectivity index (χ0v) is 14.2. The molecule has 0 N–H and O–H groups in total. The molecule has 2 aromatic rings. The van der Waals surface area contributed by atoms with Gasteiger partial charge in [0.25, 0.3) is 11.5 Å². The average Bonchev–Trinajstić information content (AvgIpc) is 2.63. The summed E-state index contributed by atoms with van der Waals surface area (Å²) in [5.41, 5.74) is -0.351. The van der Waals surface area contributed by atoms with Crippen LogP contribution in [0.25, 0.3) is 0 Å². The molecule has 5 nitrogen and oxygen atoms in total. The van der Waals surface area contributed by atoms with Crippen molar-refractivity contribution < 1.29 is 14.0 Å². The number of Topliss-reactive ketones (excluding diaryl/α,β-unsaturated/α-hetero) is 1. The highest BCUT2D eigenvalue weighted by Gasteiger charge is 2.32. The number of hydrogen-bond donors (Lipinski definition) is 0. The molecule has 1 aromatic heterocycles. The molecule has 0 aliphatic carbocycles. The Morgan fingerprint density at radius 1 is 1.08 bits per heavy atom. The third kappa shape index (κ3) is 4.22. The fourth-order valence-electron chi connectivity index (χ4n) is 2.52. The number of carbonyl (C=O) groups is 2. The topological polar surface area (TPSA) is 59.4 Å². The Kier molecular flexibility index (Phi) is 6.38. The van der Waals surface area contributed by atoms with Crippen LogP contribution in [0.2, 0.25) is 0 Å². The van der Waals surface area contributed by atoms with Crippen molar-refractivity contribution in [1.82, 2.24) is 9.47 Å². The van der Waals surface area contributed by atoms with Crippen LogP contribution in [0.15, 0.2) is 78.8 Å². The summed E-state index contributed by atoms with van der Waals surface area (Å²) in [6.07, 6.45) is 4.43. The van der Waals surface area contributed by atoms with E-state index in [0.29, 0.717) is 0 Å². The van der Waals surface area contributed by atoms with Gasteiger partial charge in [-0.1, -0.05) is 18.2 Å². The molecular weight excluding hydrogens is 335 g/mol. The van der Waals surface area contributed by atoms with Gasteiger partial charge in [-0.25, -0.2) is 4.39 Å². The number of pyridine rings is 1. The van der Waals surface area contributed by atoms with Gasteiger partial charge in [0.2, 0.25) is 0 Å². The molecule has 0 aliphatic heterocycles. The number of benzene rings is 1. The maximum atomic E-state index is 13.2. The second-order valence-corrected chi connectivity index (χ2v) is 5.54. The first-order valence-corrected chi connectivity index (χ1v) is 7.97. The van der Waals surface area contributed by atoms with Crippen LogP contribution in [-0.2, 0) is 4.79 Å². The van der Waals surface area contributed by atoms with Crippen LogP contribution in [0.4, 0.5) is 4.39 Å². The van der Waals surface area contributed by atoms with E-state index in [0.717, 1.165) is 16.7 Å². The van der Waals surface area contributed by atoms with Crippen LogP contribution in [0, 0.1) is 5.82 Å². The van der Waals surface area contributed by atoms with E-state index in [9.17, 15) is 18.8 Å². The largest absolute Gasteiger partial charge is 0.333 e. The minimum atomic E-state index is -1.39. The molecule has 2 rings (SSSR count). The Bertz CT molecular complexity index is 861. The number of nitrogens with zero attached hydrogens (tertiary/aromatic N) is 2. The van der Waals surface area contributed by atoms with E-state index in [1.165, 1.54) is 47.5 Å². The Hall–Kier alpha value is -3.28. The van der Waals surface area contributed by atoms with Crippen molar-refractivity contribution in [2.45, 2.75) is 6.04 Å². The predicted molar refractivity (Wildman–Crippen MR) is 97.4 cm³/mol. The molecule has 1 atom stereocenters. The van der Waals surface area contributed by atoms with Crippen LogP contribution in [0.5, 0.6) is 0 Å². The van der Waals surface area contributed by atoms with Crippen molar-refractivity contribution in [3.8, 4) is 0 Å². The lowest BCUT2D eigenvalue weighted by molar-refractivity contribution is -0.132. The van der Waals surface area contributed by atoms with Gasteiger partial charge >= 0.3 is 0 Å². The van der Waals surface area contributed by atoms with Gasteiger partial charge in [-0.05, 0) is 30.3 Å². The highest BCUT2D eigenvalue weighted by Crippen LogP contribution is 2.17. The SMILES string of the molecule is C=CCN(CC=C)C(=O)[C@H](C(=O)c1ccc(F)cc1)n1ccccc1=O. The normalized spacial score (nSPS) is 11.4. The molecule has 0 aliphatic rings. The Morgan fingerprint density at radius 2 is 1.69 bits per heavy atom. The summed E-state index contributed by atoms with van der Waals surface area (Å²) >= 11 is 0. The van der Waals surface area contributed by atoms with Gasteiger partial charge in [0.05, 0.1) is 0 Å². The van der Waals surface area contributed by atoms with Crippen molar-refractivity contribution in [2.75, 3.05) is 13.1 Å². The molecule has 0 bridgehead atoms. The lowest BCUT2D eigenvalue weighted by Crippen LogP contribution is -2.43. The van der Waals surface area contributed by atoms with E-state index >= 15 is 0 Å². The summed E-state index contributed by atoms with van der Waals surface area (Å²) < 4.78 is 14.2. The number of amides is 1. The third-order valence-electron chi connectivity index (χ3n) is 3.75. The summed E-state index contributed by atoms with van der Waals surface area (Å²) in [7, 11) is 0. The maximum absolute atomic E-state index is 13.2. The van der Waals surface area contributed by atoms with E-state index in [1.54, 1.807) is 6.07 Å². The molecule has 134 valence electrons. The maximum Gasteiger partial charge on any atom is 0.254 e. The number of aromatic nitrogens is 1. The highest BCUT2D eigenvalue weighted by molar-refractivity contribution is 6.11. The van der Waals surface area contributed by atoms with Crippen LogP contribution in [0.3, 0.4) is 0 Å². The van der Waals surface area contributed by atoms with E-state index in [4.69, 9.17) is 0 Å². The molecule has 1 aromatic carbocycles. The number of ketones is 1.